The van der Waals surface area contributed by atoms with Gasteiger partial charge in [0.15, 0.2) is 0 Å². The van der Waals surface area contributed by atoms with E-state index in [0.717, 1.165) is 10.1 Å². The zero-order valence-corrected chi connectivity index (χ0v) is 17.0. The number of ether oxygens (including phenoxy) is 1. The van der Waals surface area contributed by atoms with Crippen molar-refractivity contribution >= 4 is 28.0 Å². The van der Waals surface area contributed by atoms with Gasteiger partial charge in [-0.25, -0.2) is 9.36 Å². The summed E-state index contributed by atoms with van der Waals surface area (Å²) < 4.78 is 13.6. The van der Waals surface area contributed by atoms with Gasteiger partial charge in [-0.05, 0) is 31.2 Å². The van der Waals surface area contributed by atoms with Crippen LogP contribution in [0.1, 0.15) is 5.56 Å². The van der Waals surface area contributed by atoms with Crippen molar-refractivity contribution in [2.24, 2.45) is 0 Å². The van der Waals surface area contributed by atoms with Gasteiger partial charge in [-0.1, -0.05) is 29.8 Å². The maximum absolute atomic E-state index is 13.5. The average molecular weight is 419 g/mol. The van der Waals surface area contributed by atoms with Gasteiger partial charge in [0.1, 0.15) is 17.6 Å². The molecule has 31 heavy (non-hydrogen) atoms. The number of fused-ring (bicyclic) bond motifs is 3. The topological polar surface area (TPSA) is 86.7 Å². The predicted octanol–water partition coefficient (Wildman–Crippen LogP) is 2.07. The van der Waals surface area contributed by atoms with Crippen molar-refractivity contribution in [3.63, 3.8) is 0 Å². The van der Waals surface area contributed by atoms with Gasteiger partial charge in [-0.3, -0.25) is 14.2 Å². The lowest BCUT2D eigenvalue weighted by molar-refractivity contribution is -0.135. The fourth-order valence-corrected chi connectivity index (χ4v) is 3.97. The smallest absolute Gasteiger partial charge is 0.336 e. The fraction of sp³-hybridized carbons (Fsp3) is 0.261. The Morgan fingerprint density at radius 1 is 1.00 bits per heavy atom. The van der Waals surface area contributed by atoms with Crippen LogP contribution in [-0.4, -0.2) is 46.2 Å². The Kier molecular flexibility index (Phi) is 4.71. The molecule has 2 aromatic carbocycles. The molecule has 8 nitrogen and oxygen atoms in total. The number of carbonyl (C=O) groups excluding carboxylic acids is 1. The predicted molar refractivity (Wildman–Crippen MR) is 116 cm³/mol. The van der Waals surface area contributed by atoms with Crippen LogP contribution in [-0.2, 0) is 16.1 Å². The molecule has 2 aromatic heterocycles. The van der Waals surface area contributed by atoms with Crippen LogP contribution in [0.15, 0.2) is 62.5 Å². The van der Waals surface area contributed by atoms with E-state index in [9.17, 15) is 14.4 Å². The van der Waals surface area contributed by atoms with Gasteiger partial charge in [0.05, 0.1) is 18.9 Å². The maximum atomic E-state index is 13.5. The Hall–Kier alpha value is -3.65. The molecule has 0 saturated carbocycles. The second-order valence-electron chi connectivity index (χ2n) is 7.61. The van der Waals surface area contributed by atoms with Crippen LogP contribution in [0.4, 0.5) is 0 Å². The fourth-order valence-electron chi connectivity index (χ4n) is 3.97. The van der Waals surface area contributed by atoms with Crippen molar-refractivity contribution in [2.75, 3.05) is 26.3 Å². The summed E-state index contributed by atoms with van der Waals surface area (Å²) >= 11 is 0. The molecule has 1 aliphatic rings. The van der Waals surface area contributed by atoms with E-state index in [1.165, 1.54) is 4.57 Å². The van der Waals surface area contributed by atoms with Crippen molar-refractivity contribution < 1.29 is 13.9 Å². The summed E-state index contributed by atoms with van der Waals surface area (Å²) in [7, 11) is 0. The molecule has 0 bridgehead atoms. The van der Waals surface area contributed by atoms with Gasteiger partial charge in [0.25, 0.3) is 0 Å². The third-order valence-electron chi connectivity index (χ3n) is 5.61. The minimum atomic E-state index is -0.575. The van der Waals surface area contributed by atoms with E-state index in [1.807, 2.05) is 19.1 Å². The van der Waals surface area contributed by atoms with Crippen molar-refractivity contribution in [1.82, 2.24) is 14.0 Å². The number of carbonyl (C=O) groups is 1. The first-order valence-electron chi connectivity index (χ1n) is 10.1. The second kappa shape index (κ2) is 7.55. The summed E-state index contributed by atoms with van der Waals surface area (Å²) in [6, 6.07) is 14.2. The van der Waals surface area contributed by atoms with Crippen molar-refractivity contribution in [3.8, 4) is 5.69 Å². The van der Waals surface area contributed by atoms with E-state index >= 15 is 0 Å². The van der Waals surface area contributed by atoms with E-state index in [4.69, 9.17) is 9.15 Å². The number of rotatable bonds is 3. The Morgan fingerprint density at radius 2 is 1.71 bits per heavy atom. The number of aromatic nitrogens is 2. The first-order chi connectivity index (χ1) is 15.0. The lowest BCUT2D eigenvalue weighted by atomic mass is 10.2. The highest BCUT2D eigenvalue weighted by Crippen LogP contribution is 2.26. The monoisotopic (exact) mass is 419 g/mol. The third-order valence-corrected chi connectivity index (χ3v) is 5.61. The number of morpholine rings is 1. The largest absolute Gasteiger partial charge is 0.449 e. The minimum absolute atomic E-state index is 0.0520. The van der Waals surface area contributed by atoms with Crippen molar-refractivity contribution in [3.05, 3.63) is 74.9 Å². The summed E-state index contributed by atoms with van der Waals surface area (Å²) in [5.41, 5.74) is 1.19. The molecule has 0 N–H and O–H groups in total. The Balaban J connectivity index is 1.77. The van der Waals surface area contributed by atoms with Crippen LogP contribution in [0.2, 0.25) is 0 Å². The highest BCUT2D eigenvalue weighted by atomic mass is 16.5. The molecule has 0 spiro atoms. The molecule has 1 saturated heterocycles. The summed E-state index contributed by atoms with van der Waals surface area (Å²) in [4.78, 5) is 41.5. The molecule has 0 radical (unpaired) electrons. The van der Waals surface area contributed by atoms with Gasteiger partial charge in [-0.2, -0.15) is 0 Å². The molecule has 5 rings (SSSR count). The molecule has 158 valence electrons. The highest BCUT2D eigenvalue weighted by Gasteiger charge is 2.24. The van der Waals surface area contributed by atoms with Crippen LogP contribution in [0.25, 0.3) is 27.8 Å². The van der Waals surface area contributed by atoms with Crippen LogP contribution in [0.5, 0.6) is 0 Å². The van der Waals surface area contributed by atoms with Crippen LogP contribution in [0.3, 0.4) is 0 Å². The molecule has 0 atom stereocenters. The van der Waals surface area contributed by atoms with Gasteiger partial charge in [-0.15, -0.1) is 0 Å². The number of para-hydroxylation sites is 1. The normalized spacial score (nSPS) is 14.4. The zero-order chi connectivity index (χ0) is 21.5. The number of furan rings is 1. The second-order valence-corrected chi connectivity index (χ2v) is 7.61. The molecule has 4 aromatic rings. The van der Waals surface area contributed by atoms with E-state index in [2.05, 4.69) is 0 Å². The first kappa shape index (κ1) is 19.3. The Labute approximate surface area is 176 Å². The molecule has 1 aliphatic heterocycles. The van der Waals surface area contributed by atoms with Crippen molar-refractivity contribution in [1.29, 1.82) is 0 Å². The van der Waals surface area contributed by atoms with Crippen LogP contribution >= 0.6 is 0 Å². The van der Waals surface area contributed by atoms with Gasteiger partial charge >= 0.3 is 11.2 Å². The lowest BCUT2D eigenvalue weighted by Gasteiger charge is -2.27. The molecule has 8 heteroatoms. The number of aryl methyl sites for hydroxylation is 1. The first-order valence-corrected chi connectivity index (χ1v) is 10.1. The van der Waals surface area contributed by atoms with Gasteiger partial charge in [0, 0.05) is 18.5 Å². The quantitative estimate of drug-likeness (QED) is 0.507. The Bertz CT molecular complexity index is 1410. The number of hydrogen-bond donors (Lipinski definition) is 0. The van der Waals surface area contributed by atoms with Gasteiger partial charge in [0.2, 0.25) is 11.5 Å². The SMILES string of the molecule is Cc1ccc(-n2c(=O)c3oc4ccccc4c3n(CC(=O)N3CCOCC3)c2=O)cc1. The summed E-state index contributed by atoms with van der Waals surface area (Å²) in [5.74, 6) is -0.203. The van der Waals surface area contributed by atoms with E-state index in [0.29, 0.717) is 48.5 Å². The van der Waals surface area contributed by atoms with E-state index in [-0.39, 0.29) is 18.0 Å². The average Bonchev–Trinajstić information content (AvgIpc) is 3.18. The number of amides is 1. The lowest BCUT2D eigenvalue weighted by Crippen LogP contribution is -2.45. The van der Waals surface area contributed by atoms with E-state index < -0.39 is 11.2 Å². The third kappa shape index (κ3) is 3.25. The summed E-state index contributed by atoms with van der Waals surface area (Å²) in [5, 5.41) is 0.623. The molecule has 1 amide bonds. The summed E-state index contributed by atoms with van der Waals surface area (Å²) in [6.45, 7) is 3.61. The standard InChI is InChI=1S/C23H21N3O5/c1-15-6-8-16(9-7-15)26-22(28)21-20(17-4-2-3-5-18(17)31-21)25(23(26)29)14-19(27)24-10-12-30-13-11-24/h2-9H,10-14H2,1H3. The van der Waals surface area contributed by atoms with Crippen molar-refractivity contribution in [2.45, 2.75) is 13.5 Å². The maximum Gasteiger partial charge on any atom is 0.336 e. The number of nitrogens with zero attached hydrogens (tertiary/aromatic N) is 3. The molecular formula is C23H21N3O5. The molecule has 3 heterocycles. The van der Waals surface area contributed by atoms with Gasteiger partial charge < -0.3 is 14.1 Å². The minimum Gasteiger partial charge on any atom is -0.449 e. The Morgan fingerprint density at radius 3 is 2.45 bits per heavy atom. The highest BCUT2D eigenvalue weighted by molar-refractivity contribution is 6.02. The molecule has 0 unspecified atom stereocenters. The molecule has 1 fully saturated rings. The number of hydrogen-bond acceptors (Lipinski definition) is 5. The number of benzene rings is 2. The van der Waals surface area contributed by atoms with Crippen LogP contribution in [0, 0.1) is 6.92 Å². The molecular weight excluding hydrogens is 398 g/mol. The summed E-state index contributed by atoms with van der Waals surface area (Å²) in [6.07, 6.45) is 0. The zero-order valence-electron chi connectivity index (χ0n) is 17.0. The van der Waals surface area contributed by atoms with Crippen LogP contribution < -0.4 is 11.2 Å². The molecule has 0 aliphatic carbocycles. The van der Waals surface area contributed by atoms with E-state index in [1.54, 1.807) is 41.3 Å².